The number of fused-ring (bicyclic) bond motifs is 1. The lowest BCUT2D eigenvalue weighted by Crippen LogP contribution is -2.71. The number of aromatic amines is 1. The summed E-state index contributed by atoms with van der Waals surface area (Å²) in [6.45, 7) is 0. The van der Waals surface area contributed by atoms with Crippen LogP contribution < -0.4 is 10.1 Å². The average Bonchev–Trinajstić information content (AvgIpc) is 3.38. The summed E-state index contributed by atoms with van der Waals surface area (Å²) in [5.74, 6) is -3.75. The molecule has 5 N–H and O–H groups in total. The number of hydrogen-bond acceptors (Lipinski definition) is 11. The lowest BCUT2D eigenvalue weighted by molar-refractivity contribution is -0.151. The molecule has 0 spiro atoms. The Bertz CT molecular complexity index is 1220. The maximum atomic E-state index is 13.0. The number of carboxylic acids is 2. The van der Waals surface area contributed by atoms with Crippen LogP contribution in [0.25, 0.3) is 0 Å². The van der Waals surface area contributed by atoms with Gasteiger partial charge in [-0.2, -0.15) is 5.21 Å². The number of aliphatic hydroxyl groups excluding tert-OH is 1. The fourth-order valence-electron chi connectivity index (χ4n) is 3.88. The Balaban J connectivity index is 1.55. The monoisotopic (exact) mass is 536 g/mol. The summed E-state index contributed by atoms with van der Waals surface area (Å²) in [5, 5.41) is 44.0. The maximum Gasteiger partial charge on any atom is 0.352 e. The Morgan fingerprint density at radius 2 is 2.08 bits per heavy atom. The molecule has 3 unspecified atom stereocenters. The van der Waals surface area contributed by atoms with Gasteiger partial charge in [0.25, 0.3) is 11.8 Å². The van der Waals surface area contributed by atoms with Crippen LogP contribution in [0.2, 0.25) is 0 Å². The summed E-state index contributed by atoms with van der Waals surface area (Å²) in [6, 6.07) is 5.29. The molecule has 4 rings (SSSR count). The third-order valence-corrected chi connectivity index (χ3v) is 7.92. The molecule has 4 atom stereocenters. The molecule has 2 aromatic rings. The number of carbonyl (C=O) groups excluding carboxylic acids is 2. The summed E-state index contributed by atoms with van der Waals surface area (Å²) in [6.07, 6.45) is -2.06. The number of nitrogens with one attached hydrogen (secondary N) is 2. The van der Waals surface area contributed by atoms with Gasteiger partial charge in [0.2, 0.25) is 5.16 Å². The lowest BCUT2D eigenvalue weighted by Gasteiger charge is -2.50. The number of tetrazole rings is 1. The lowest BCUT2D eigenvalue weighted by atomic mass is 9.99. The van der Waals surface area contributed by atoms with Crippen molar-refractivity contribution in [1.82, 2.24) is 30.8 Å². The molecule has 0 saturated carbocycles. The number of benzene rings is 1. The molecular formula is C20H20N6O8S2. The number of para-hydroxylation sites is 1. The van der Waals surface area contributed by atoms with Crippen molar-refractivity contribution in [2.45, 2.75) is 34.3 Å². The van der Waals surface area contributed by atoms with Crippen molar-refractivity contribution in [3.8, 4) is 5.75 Å². The number of hydrogen-bond donors (Lipinski definition) is 5. The van der Waals surface area contributed by atoms with E-state index < -0.39 is 52.9 Å². The fraction of sp³-hybridized carbons (Fsp3) is 0.350. The van der Waals surface area contributed by atoms with Gasteiger partial charge in [0.05, 0.1) is 13.5 Å². The van der Waals surface area contributed by atoms with Crippen molar-refractivity contribution in [1.29, 1.82) is 0 Å². The van der Waals surface area contributed by atoms with E-state index in [-0.39, 0.29) is 33.5 Å². The Hall–Kier alpha value is -3.63. The number of ether oxygens (including phenoxy) is 1. The number of carbonyl (C=O) groups is 4. The number of nitrogens with zero attached hydrogens (tertiary/aromatic N) is 4. The van der Waals surface area contributed by atoms with E-state index in [0.717, 1.165) is 16.7 Å². The van der Waals surface area contributed by atoms with Crippen molar-refractivity contribution in [2.75, 3.05) is 12.9 Å². The van der Waals surface area contributed by atoms with Crippen molar-refractivity contribution < 1.29 is 39.2 Å². The van der Waals surface area contributed by atoms with Crippen LogP contribution in [0, 0.1) is 0 Å². The second kappa shape index (κ2) is 10.5. The number of aliphatic hydroxyl groups is 1. The topological polar surface area (TPSA) is 208 Å². The van der Waals surface area contributed by atoms with Gasteiger partial charge >= 0.3 is 11.9 Å². The highest BCUT2D eigenvalue weighted by molar-refractivity contribution is 8.01. The van der Waals surface area contributed by atoms with E-state index in [1.54, 1.807) is 18.2 Å². The van der Waals surface area contributed by atoms with E-state index in [4.69, 9.17) is 4.74 Å². The summed E-state index contributed by atoms with van der Waals surface area (Å²) in [5.41, 5.74) is 0.0794. The zero-order chi connectivity index (χ0) is 26.0. The minimum Gasteiger partial charge on any atom is -0.496 e. The quantitative estimate of drug-likeness (QED) is 0.194. The van der Waals surface area contributed by atoms with E-state index >= 15 is 0 Å². The van der Waals surface area contributed by atoms with Gasteiger partial charge in [0, 0.05) is 16.6 Å². The van der Waals surface area contributed by atoms with Crippen molar-refractivity contribution in [3.63, 3.8) is 0 Å². The smallest absolute Gasteiger partial charge is 0.352 e. The van der Waals surface area contributed by atoms with E-state index in [1.165, 1.54) is 24.9 Å². The molecule has 0 bridgehead atoms. The zero-order valence-electron chi connectivity index (χ0n) is 18.5. The van der Waals surface area contributed by atoms with E-state index in [2.05, 4.69) is 25.9 Å². The second-order valence-electron chi connectivity index (χ2n) is 7.62. The molecule has 1 fully saturated rings. The molecule has 1 aromatic heterocycles. The maximum absolute atomic E-state index is 13.0. The summed E-state index contributed by atoms with van der Waals surface area (Å²) in [7, 11) is 1.39. The molecule has 190 valence electrons. The number of aromatic nitrogens is 4. The van der Waals surface area contributed by atoms with Crippen LogP contribution in [0.5, 0.6) is 5.75 Å². The van der Waals surface area contributed by atoms with Crippen LogP contribution in [0.15, 0.2) is 40.7 Å². The van der Waals surface area contributed by atoms with Crippen LogP contribution in [-0.2, 0) is 19.2 Å². The predicted molar refractivity (Wildman–Crippen MR) is 124 cm³/mol. The number of β-lactam (4-membered cyclic amide) rings is 1. The standard InChI is InChI=1S/C20H20N6O8S2/c1-34-10-5-3-2-4-8(10)15(29)16(30)21-13-17(31)26-14(19(32)33)9(7-35-18(13)26)11(6-12(27)28)36-20-22-24-25-23-20/h2-5,11,13,15,18,29H,6-7H2,1H3,(H,21,30)(H,27,28)(H,32,33)(H,22,23,24,25)/t11?,13?,15?,18-/m0/s1. The number of amides is 2. The van der Waals surface area contributed by atoms with E-state index in [9.17, 15) is 34.5 Å². The normalized spacial score (nSPS) is 20.7. The number of H-pyrrole nitrogens is 1. The summed E-state index contributed by atoms with van der Waals surface area (Å²) in [4.78, 5) is 50.3. The fourth-order valence-corrected chi connectivity index (χ4v) is 6.41. The number of rotatable bonds is 10. The molecule has 16 heteroatoms. The van der Waals surface area contributed by atoms with Crippen LogP contribution in [0.3, 0.4) is 0 Å². The highest BCUT2D eigenvalue weighted by Gasteiger charge is 2.55. The molecular weight excluding hydrogens is 516 g/mol. The van der Waals surface area contributed by atoms with Gasteiger partial charge in [-0.1, -0.05) is 30.0 Å². The SMILES string of the molecule is COc1ccccc1C(O)C(=O)NC1C(=O)N2C(C(=O)O)=C(C(CC(=O)O)Sc3nn[nH]n3)CS[C@@H]12. The number of aliphatic carboxylic acids is 2. The molecule has 2 amide bonds. The molecule has 2 aliphatic heterocycles. The van der Waals surface area contributed by atoms with Gasteiger partial charge in [0.15, 0.2) is 6.10 Å². The minimum atomic E-state index is -1.62. The van der Waals surface area contributed by atoms with Gasteiger partial charge in [-0.15, -0.1) is 22.0 Å². The largest absolute Gasteiger partial charge is 0.496 e. The molecule has 0 aliphatic carbocycles. The second-order valence-corrected chi connectivity index (χ2v) is 9.89. The van der Waals surface area contributed by atoms with Crippen LogP contribution in [-0.4, -0.2) is 94.1 Å². The van der Waals surface area contributed by atoms with Crippen LogP contribution in [0.4, 0.5) is 0 Å². The average molecular weight is 537 g/mol. The molecule has 0 radical (unpaired) electrons. The number of thioether (sulfide) groups is 2. The Morgan fingerprint density at radius 3 is 2.72 bits per heavy atom. The van der Waals surface area contributed by atoms with Gasteiger partial charge in [-0.25, -0.2) is 4.79 Å². The van der Waals surface area contributed by atoms with Crippen molar-refractivity contribution in [2.24, 2.45) is 0 Å². The highest BCUT2D eigenvalue weighted by Crippen LogP contribution is 2.44. The van der Waals surface area contributed by atoms with Crippen LogP contribution in [0.1, 0.15) is 18.1 Å². The van der Waals surface area contributed by atoms with Crippen LogP contribution >= 0.6 is 23.5 Å². The van der Waals surface area contributed by atoms with E-state index in [1.807, 2.05) is 0 Å². The van der Waals surface area contributed by atoms with Crippen molar-refractivity contribution in [3.05, 3.63) is 41.1 Å². The Kier molecular flexibility index (Phi) is 7.46. The third kappa shape index (κ3) is 4.87. The summed E-state index contributed by atoms with van der Waals surface area (Å²) < 4.78 is 5.16. The predicted octanol–water partition coefficient (Wildman–Crippen LogP) is -0.384. The van der Waals surface area contributed by atoms with Gasteiger partial charge in [-0.05, 0) is 16.9 Å². The zero-order valence-corrected chi connectivity index (χ0v) is 20.2. The first-order valence-electron chi connectivity index (χ1n) is 10.4. The number of methoxy groups -OCH3 is 1. The molecule has 3 heterocycles. The molecule has 36 heavy (non-hydrogen) atoms. The first kappa shape index (κ1) is 25.5. The minimum absolute atomic E-state index is 0.0836. The molecule has 1 saturated heterocycles. The first-order valence-corrected chi connectivity index (χ1v) is 12.3. The molecule has 2 aliphatic rings. The van der Waals surface area contributed by atoms with Gasteiger partial charge < -0.3 is 25.4 Å². The first-order chi connectivity index (χ1) is 17.2. The Labute approximate surface area is 211 Å². The molecule has 14 nitrogen and oxygen atoms in total. The highest BCUT2D eigenvalue weighted by atomic mass is 32.2. The Morgan fingerprint density at radius 1 is 1.33 bits per heavy atom. The third-order valence-electron chi connectivity index (χ3n) is 5.50. The summed E-state index contributed by atoms with van der Waals surface area (Å²) >= 11 is 2.08. The van der Waals surface area contributed by atoms with Gasteiger partial charge in [-0.3, -0.25) is 19.3 Å². The van der Waals surface area contributed by atoms with E-state index in [0.29, 0.717) is 0 Å². The number of carboxylic acid groups (broad SMARTS) is 2. The van der Waals surface area contributed by atoms with Gasteiger partial charge in [0.1, 0.15) is 22.9 Å². The van der Waals surface area contributed by atoms with Crippen molar-refractivity contribution >= 4 is 47.3 Å². The molecule has 1 aromatic carbocycles.